The number of hydrogen-bond donors (Lipinski definition) is 0. The zero-order valence-corrected chi connectivity index (χ0v) is 7.25. The molecule has 1 nitrogen and oxygen atoms in total. The summed E-state index contributed by atoms with van der Waals surface area (Å²) in [5.41, 5.74) is 1.23. The molecule has 0 aromatic carbocycles. The summed E-state index contributed by atoms with van der Waals surface area (Å²) in [5, 5.41) is 0.576. The third-order valence-corrected chi connectivity index (χ3v) is 1.93. The number of nitrogens with zero attached hydrogens (tertiary/aromatic N) is 1. The molecule has 0 atom stereocenters. The zero-order valence-electron chi connectivity index (χ0n) is 5.67. The minimum atomic E-state index is 0.576. The van der Waals surface area contributed by atoms with Gasteiger partial charge < -0.3 is 0 Å². The van der Waals surface area contributed by atoms with E-state index in [4.69, 9.17) is 11.6 Å². The molecular weight excluding hydrogens is 166 g/mol. The SMILES string of the molecule is CSCc1ccnc(Cl)c1. The standard InChI is InChI=1S/C7H8ClNS/c1-10-5-6-2-3-9-7(8)4-6/h2-4H,5H2,1H3. The maximum Gasteiger partial charge on any atom is 0.129 e. The van der Waals surface area contributed by atoms with Crippen LogP contribution >= 0.6 is 23.4 Å². The van der Waals surface area contributed by atoms with Gasteiger partial charge in [0.1, 0.15) is 5.15 Å². The minimum absolute atomic E-state index is 0.576. The van der Waals surface area contributed by atoms with Crippen LogP contribution in [-0.4, -0.2) is 11.2 Å². The molecule has 0 N–H and O–H groups in total. The minimum Gasteiger partial charge on any atom is -0.245 e. The first kappa shape index (κ1) is 7.89. The van der Waals surface area contributed by atoms with Crippen molar-refractivity contribution in [2.75, 3.05) is 6.26 Å². The second kappa shape index (κ2) is 3.84. The average molecular weight is 174 g/mol. The van der Waals surface area contributed by atoms with Crippen LogP contribution in [-0.2, 0) is 5.75 Å². The van der Waals surface area contributed by atoms with Crippen molar-refractivity contribution < 1.29 is 0 Å². The Bertz CT molecular complexity index is 215. The van der Waals surface area contributed by atoms with Crippen molar-refractivity contribution in [3.63, 3.8) is 0 Å². The third kappa shape index (κ3) is 2.20. The van der Waals surface area contributed by atoms with Crippen molar-refractivity contribution in [3.8, 4) is 0 Å². The van der Waals surface area contributed by atoms with E-state index in [1.807, 2.05) is 12.1 Å². The summed E-state index contributed by atoms with van der Waals surface area (Å²) >= 11 is 7.44. The van der Waals surface area contributed by atoms with Crippen molar-refractivity contribution in [3.05, 3.63) is 29.0 Å². The smallest absolute Gasteiger partial charge is 0.129 e. The van der Waals surface area contributed by atoms with Gasteiger partial charge in [-0.05, 0) is 24.0 Å². The van der Waals surface area contributed by atoms with E-state index >= 15 is 0 Å². The van der Waals surface area contributed by atoms with Gasteiger partial charge in [-0.2, -0.15) is 11.8 Å². The number of aromatic nitrogens is 1. The molecule has 0 saturated carbocycles. The van der Waals surface area contributed by atoms with E-state index < -0.39 is 0 Å². The zero-order chi connectivity index (χ0) is 7.40. The molecule has 3 heteroatoms. The predicted molar refractivity (Wildman–Crippen MR) is 46.5 cm³/mol. The van der Waals surface area contributed by atoms with Crippen molar-refractivity contribution >= 4 is 23.4 Å². The van der Waals surface area contributed by atoms with Gasteiger partial charge in [0, 0.05) is 11.9 Å². The van der Waals surface area contributed by atoms with E-state index in [0.29, 0.717) is 5.15 Å². The molecule has 0 unspecified atom stereocenters. The van der Waals surface area contributed by atoms with Crippen LogP contribution in [0.5, 0.6) is 0 Å². The monoisotopic (exact) mass is 173 g/mol. The Labute approximate surface area is 69.8 Å². The van der Waals surface area contributed by atoms with Crippen LogP contribution in [0.4, 0.5) is 0 Å². The lowest BCUT2D eigenvalue weighted by Gasteiger charge is -1.95. The molecule has 54 valence electrons. The Morgan fingerprint density at radius 1 is 1.70 bits per heavy atom. The predicted octanol–water partition coefficient (Wildman–Crippen LogP) is 2.60. The number of hydrogen-bond acceptors (Lipinski definition) is 2. The summed E-state index contributed by atoms with van der Waals surface area (Å²) in [6, 6.07) is 3.86. The van der Waals surface area contributed by atoms with Crippen LogP contribution in [0.25, 0.3) is 0 Å². The van der Waals surface area contributed by atoms with Crippen LogP contribution in [0, 0.1) is 0 Å². The average Bonchev–Trinajstić information content (AvgIpc) is 1.88. The van der Waals surface area contributed by atoms with E-state index in [2.05, 4.69) is 11.2 Å². The molecule has 1 aromatic heterocycles. The number of halogens is 1. The molecule has 0 radical (unpaired) electrons. The lowest BCUT2D eigenvalue weighted by Crippen LogP contribution is -1.80. The maximum absolute atomic E-state index is 5.66. The lowest BCUT2D eigenvalue weighted by atomic mass is 10.3. The van der Waals surface area contributed by atoms with Gasteiger partial charge in [-0.3, -0.25) is 0 Å². The molecule has 0 aliphatic heterocycles. The van der Waals surface area contributed by atoms with Gasteiger partial charge in [0.25, 0.3) is 0 Å². The quantitative estimate of drug-likeness (QED) is 0.638. The molecule has 0 spiro atoms. The van der Waals surface area contributed by atoms with Gasteiger partial charge in [-0.25, -0.2) is 4.98 Å². The topological polar surface area (TPSA) is 12.9 Å². The first-order valence-corrected chi connectivity index (χ1v) is 4.69. The fraction of sp³-hybridized carbons (Fsp3) is 0.286. The molecule has 1 rings (SSSR count). The Kier molecular flexibility index (Phi) is 3.03. The second-order valence-corrected chi connectivity index (χ2v) is 3.17. The van der Waals surface area contributed by atoms with Crippen molar-refractivity contribution in [2.45, 2.75) is 5.75 Å². The third-order valence-electron chi connectivity index (χ3n) is 1.10. The molecule has 0 saturated heterocycles. The van der Waals surface area contributed by atoms with Crippen LogP contribution in [0.2, 0.25) is 5.15 Å². The van der Waals surface area contributed by atoms with Crippen molar-refractivity contribution in [1.29, 1.82) is 0 Å². The first-order valence-electron chi connectivity index (χ1n) is 2.92. The normalized spacial score (nSPS) is 9.80. The molecule has 0 bridgehead atoms. The van der Waals surface area contributed by atoms with Gasteiger partial charge in [0.05, 0.1) is 0 Å². The van der Waals surface area contributed by atoms with Crippen LogP contribution < -0.4 is 0 Å². The summed E-state index contributed by atoms with van der Waals surface area (Å²) in [4.78, 5) is 3.88. The maximum atomic E-state index is 5.66. The molecular formula is C7H8ClNS. The Morgan fingerprint density at radius 2 is 2.50 bits per heavy atom. The largest absolute Gasteiger partial charge is 0.245 e. The molecule has 0 amide bonds. The highest BCUT2D eigenvalue weighted by atomic mass is 35.5. The second-order valence-electron chi connectivity index (χ2n) is 1.92. The van der Waals surface area contributed by atoms with E-state index in [1.54, 1.807) is 18.0 Å². The Morgan fingerprint density at radius 3 is 3.10 bits per heavy atom. The summed E-state index contributed by atoms with van der Waals surface area (Å²) in [6.45, 7) is 0. The van der Waals surface area contributed by atoms with Gasteiger partial charge in [0.2, 0.25) is 0 Å². The van der Waals surface area contributed by atoms with Crippen LogP contribution in [0.1, 0.15) is 5.56 Å². The molecule has 0 aliphatic carbocycles. The number of thioether (sulfide) groups is 1. The Hall–Kier alpha value is -0.210. The molecule has 1 heterocycles. The summed E-state index contributed by atoms with van der Waals surface area (Å²) in [7, 11) is 0. The summed E-state index contributed by atoms with van der Waals surface area (Å²) < 4.78 is 0. The summed E-state index contributed by atoms with van der Waals surface area (Å²) in [6.07, 6.45) is 3.79. The lowest BCUT2D eigenvalue weighted by molar-refractivity contribution is 1.27. The number of rotatable bonds is 2. The highest BCUT2D eigenvalue weighted by molar-refractivity contribution is 7.97. The molecule has 0 aliphatic rings. The van der Waals surface area contributed by atoms with Gasteiger partial charge in [0.15, 0.2) is 0 Å². The molecule has 10 heavy (non-hydrogen) atoms. The highest BCUT2D eigenvalue weighted by Crippen LogP contribution is 2.11. The van der Waals surface area contributed by atoms with Crippen LogP contribution in [0.3, 0.4) is 0 Å². The van der Waals surface area contributed by atoms with E-state index in [1.165, 1.54) is 5.56 Å². The molecule has 1 aromatic rings. The fourth-order valence-corrected chi connectivity index (χ4v) is 1.41. The highest BCUT2D eigenvalue weighted by Gasteiger charge is 1.91. The summed E-state index contributed by atoms with van der Waals surface area (Å²) in [5.74, 6) is 1.00. The van der Waals surface area contributed by atoms with Gasteiger partial charge in [-0.1, -0.05) is 11.6 Å². The van der Waals surface area contributed by atoms with E-state index in [9.17, 15) is 0 Å². The van der Waals surface area contributed by atoms with Crippen LogP contribution in [0.15, 0.2) is 18.3 Å². The first-order chi connectivity index (χ1) is 4.83. The Balaban J connectivity index is 2.75. The van der Waals surface area contributed by atoms with Gasteiger partial charge >= 0.3 is 0 Å². The molecule has 0 fully saturated rings. The van der Waals surface area contributed by atoms with Crippen molar-refractivity contribution in [2.24, 2.45) is 0 Å². The van der Waals surface area contributed by atoms with Gasteiger partial charge in [-0.15, -0.1) is 0 Å². The van der Waals surface area contributed by atoms with Crippen molar-refractivity contribution in [1.82, 2.24) is 4.98 Å². The number of pyridine rings is 1. The van der Waals surface area contributed by atoms with E-state index in [-0.39, 0.29) is 0 Å². The van der Waals surface area contributed by atoms with E-state index in [0.717, 1.165) is 5.75 Å². The fourth-order valence-electron chi connectivity index (χ4n) is 0.699.